The van der Waals surface area contributed by atoms with E-state index in [-0.39, 0.29) is 6.61 Å². The normalized spacial score (nSPS) is 12.5. The highest BCUT2D eigenvalue weighted by Crippen LogP contribution is 2.03. The average Bonchev–Trinajstić information content (AvgIpc) is 2.94. The molecule has 5 nitrogen and oxygen atoms in total. The van der Waals surface area contributed by atoms with Crippen LogP contribution in [-0.2, 0) is 17.9 Å². The molecule has 20 heavy (non-hydrogen) atoms. The number of ether oxygens (including phenoxy) is 1. The number of nitrogens with one attached hydrogen (secondary N) is 1. The van der Waals surface area contributed by atoms with Crippen LogP contribution in [0.1, 0.15) is 17.0 Å². The second-order valence-electron chi connectivity index (χ2n) is 4.65. The second-order valence-corrected chi connectivity index (χ2v) is 4.65. The van der Waals surface area contributed by atoms with Crippen molar-refractivity contribution >= 4 is 0 Å². The first-order chi connectivity index (χ1) is 9.75. The maximum absolute atomic E-state index is 9.79. The monoisotopic (exact) mass is 276 g/mol. The van der Waals surface area contributed by atoms with E-state index >= 15 is 0 Å². The predicted molar refractivity (Wildman–Crippen MR) is 75.1 cm³/mol. The highest BCUT2D eigenvalue weighted by molar-refractivity contribution is 5.17. The van der Waals surface area contributed by atoms with E-state index in [4.69, 9.17) is 9.15 Å². The Hall–Kier alpha value is -1.69. The molecule has 2 N–H and O–H groups in total. The minimum Gasteiger partial charge on any atom is -0.467 e. The molecule has 0 fully saturated rings. The summed E-state index contributed by atoms with van der Waals surface area (Å²) in [6.45, 7) is 3.78. The van der Waals surface area contributed by atoms with Crippen molar-refractivity contribution in [2.75, 3.05) is 13.2 Å². The van der Waals surface area contributed by atoms with Gasteiger partial charge < -0.3 is 19.6 Å². The summed E-state index contributed by atoms with van der Waals surface area (Å²) in [5, 5.41) is 13.0. The van der Waals surface area contributed by atoms with Gasteiger partial charge in [-0.2, -0.15) is 0 Å². The molecule has 5 heteroatoms. The van der Waals surface area contributed by atoms with Gasteiger partial charge in [0.2, 0.25) is 0 Å². The molecular weight excluding hydrogens is 256 g/mol. The van der Waals surface area contributed by atoms with Crippen LogP contribution < -0.4 is 5.32 Å². The molecule has 0 saturated heterocycles. The summed E-state index contributed by atoms with van der Waals surface area (Å²) in [6, 6.07) is 7.59. The smallest absolute Gasteiger partial charge is 0.129 e. The maximum Gasteiger partial charge on any atom is 0.129 e. The molecule has 0 bridgehead atoms. The SMILES string of the molecule is Cc1cccnc1CNCC(O)COCc1ccco1. The molecule has 0 saturated carbocycles. The fourth-order valence-electron chi connectivity index (χ4n) is 1.81. The summed E-state index contributed by atoms with van der Waals surface area (Å²) >= 11 is 0. The van der Waals surface area contributed by atoms with Gasteiger partial charge in [0, 0.05) is 19.3 Å². The van der Waals surface area contributed by atoms with Gasteiger partial charge in [-0.25, -0.2) is 0 Å². The Balaban J connectivity index is 1.60. The minimum absolute atomic E-state index is 0.273. The summed E-state index contributed by atoms with van der Waals surface area (Å²) in [5.41, 5.74) is 2.14. The molecule has 2 aromatic heterocycles. The fourth-order valence-corrected chi connectivity index (χ4v) is 1.81. The van der Waals surface area contributed by atoms with E-state index in [1.54, 1.807) is 12.5 Å². The second kappa shape index (κ2) is 7.79. The van der Waals surface area contributed by atoms with Gasteiger partial charge in [-0.3, -0.25) is 4.98 Å². The zero-order valence-electron chi connectivity index (χ0n) is 11.6. The van der Waals surface area contributed by atoms with Crippen molar-refractivity contribution in [3.05, 3.63) is 53.7 Å². The van der Waals surface area contributed by atoms with E-state index in [9.17, 15) is 5.11 Å². The molecule has 0 aliphatic rings. The van der Waals surface area contributed by atoms with Gasteiger partial charge in [0.05, 0.1) is 24.7 Å². The number of hydrogen-bond acceptors (Lipinski definition) is 5. The van der Waals surface area contributed by atoms with Crippen LogP contribution in [0.4, 0.5) is 0 Å². The maximum atomic E-state index is 9.79. The molecule has 108 valence electrons. The van der Waals surface area contributed by atoms with Gasteiger partial charge in [0.1, 0.15) is 12.4 Å². The first-order valence-corrected chi connectivity index (χ1v) is 6.65. The number of hydrogen-bond donors (Lipinski definition) is 2. The van der Waals surface area contributed by atoms with Gasteiger partial charge in [-0.05, 0) is 30.7 Å². The third kappa shape index (κ3) is 4.77. The van der Waals surface area contributed by atoms with Crippen LogP contribution in [-0.4, -0.2) is 29.3 Å². The quantitative estimate of drug-likeness (QED) is 0.767. The lowest BCUT2D eigenvalue weighted by Gasteiger charge is -2.12. The molecular formula is C15H20N2O3. The first-order valence-electron chi connectivity index (χ1n) is 6.65. The Morgan fingerprint density at radius 3 is 3.05 bits per heavy atom. The summed E-state index contributed by atoms with van der Waals surface area (Å²) in [6.07, 6.45) is 2.83. The van der Waals surface area contributed by atoms with E-state index < -0.39 is 6.10 Å². The van der Waals surface area contributed by atoms with Crippen LogP contribution >= 0.6 is 0 Å². The lowest BCUT2D eigenvalue weighted by atomic mass is 10.2. The molecule has 0 aromatic carbocycles. The third-order valence-corrected chi connectivity index (χ3v) is 2.92. The molecule has 0 aliphatic carbocycles. The van der Waals surface area contributed by atoms with Crippen LogP contribution in [0.5, 0.6) is 0 Å². The average molecular weight is 276 g/mol. The Labute approximate surface area is 118 Å². The number of aliphatic hydroxyl groups excluding tert-OH is 1. The number of furan rings is 1. The van der Waals surface area contributed by atoms with Crippen molar-refractivity contribution < 1.29 is 14.3 Å². The Kier molecular flexibility index (Phi) is 5.73. The molecule has 2 heterocycles. The molecule has 0 amide bonds. The molecule has 1 unspecified atom stereocenters. The number of nitrogens with zero attached hydrogens (tertiary/aromatic N) is 1. The lowest BCUT2D eigenvalue weighted by Crippen LogP contribution is -2.30. The lowest BCUT2D eigenvalue weighted by molar-refractivity contribution is 0.0225. The minimum atomic E-state index is -0.547. The van der Waals surface area contributed by atoms with E-state index in [0.717, 1.165) is 17.0 Å². The van der Waals surface area contributed by atoms with Crippen LogP contribution in [0.2, 0.25) is 0 Å². The number of pyridine rings is 1. The molecule has 2 aromatic rings. The molecule has 0 spiro atoms. The fraction of sp³-hybridized carbons (Fsp3) is 0.400. The topological polar surface area (TPSA) is 67.5 Å². The number of aliphatic hydroxyl groups is 1. The highest BCUT2D eigenvalue weighted by atomic mass is 16.5. The van der Waals surface area contributed by atoms with Crippen molar-refractivity contribution in [2.45, 2.75) is 26.2 Å². The van der Waals surface area contributed by atoms with Gasteiger partial charge in [-0.15, -0.1) is 0 Å². The number of rotatable bonds is 8. The Bertz CT molecular complexity index is 500. The van der Waals surface area contributed by atoms with Crippen LogP contribution in [0.3, 0.4) is 0 Å². The molecule has 1 atom stereocenters. The van der Waals surface area contributed by atoms with Crippen molar-refractivity contribution in [3.63, 3.8) is 0 Å². The Morgan fingerprint density at radius 1 is 1.40 bits per heavy atom. The standard InChI is InChI=1S/C15H20N2O3/c1-12-4-2-6-17-15(12)9-16-8-13(18)10-19-11-14-5-3-7-20-14/h2-7,13,16,18H,8-11H2,1H3. The van der Waals surface area contributed by atoms with Crippen molar-refractivity contribution in [1.82, 2.24) is 10.3 Å². The van der Waals surface area contributed by atoms with Crippen LogP contribution in [0.25, 0.3) is 0 Å². The van der Waals surface area contributed by atoms with Gasteiger partial charge >= 0.3 is 0 Å². The van der Waals surface area contributed by atoms with Gasteiger partial charge in [0.15, 0.2) is 0 Å². The van der Waals surface area contributed by atoms with E-state index in [0.29, 0.717) is 19.7 Å². The largest absolute Gasteiger partial charge is 0.467 e. The summed E-state index contributed by atoms with van der Waals surface area (Å²) in [4.78, 5) is 4.28. The Morgan fingerprint density at radius 2 is 2.30 bits per heavy atom. The molecule has 0 aliphatic heterocycles. The van der Waals surface area contributed by atoms with E-state index in [2.05, 4.69) is 10.3 Å². The van der Waals surface area contributed by atoms with E-state index in [1.165, 1.54) is 0 Å². The van der Waals surface area contributed by atoms with Gasteiger partial charge in [0.25, 0.3) is 0 Å². The summed E-state index contributed by atoms with van der Waals surface area (Å²) in [5.74, 6) is 0.759. The third-order valence-electron chi connectivity index (χ3n) is 2.92. The highest BCUT2D eigenvalue weighted by Gasteiger charge is 2.06. The van der Waals surface area contributed by atoms with Crippen LogP contribution in [0, 0.1) is 6.92 Å². The molecule has 0 radical (unpaired) electrons. The van der Waals surface area contributed by atoms with Gasteiger partial charge in [-0.1, -0.05) is 6.07 Å². The van der Waals surface area contributed by atoms with Crippen LogP contribution in [0.15, 0.2) is 41.1 Å². The van der Waals surface area contributed by atoms with E-state index in [1.807, 2.05) is 31.2 Å². The predicted octanol–water partition coefficient (Wildman–Crippen LogP) is 1.65. The van der Waals surface area contributed by atoms with Crippen molar-refractivity contribution in [3.8, 4) is 0 Å². The zero-order valence-corrected chi connectivity index (χ0v) is 11.6. The zero-order chi connectivity index (χ0) is 14.2. The number of aryl methyl sites for hydroxylation is 1. The van der Waals surface area contributed by atoms with Crippen molar-refractivity contribution in [2.24, 2.45) is 0 Å². The number of aromatic nitrogens is 1. The van der Waals surface area contributed by atoms with Crippen molar-refractivity contribution in [1.29, 1.82) is 0 Å². The summed E-state index contributed by atoms with van der Waals surface area (Å²) in [7, 11) is 0. The summed E-state index contributed by atoms with van der Waals surface area (Å²) < 4.78 is 10.5. The first kappa shape index (κ1) is 14.7. The molecule has 2 rings (SSSR count).